The largest absolute Gasteiger partial charge is 0.416 e. The average molecular weight is 439 g/mol. The molecule has 0 bridgehead atoms. The van der Waals surface area contributed by atoms with Gasteiger partial charge in [0.15, 0.2) is 0 Å². The minimum atomic E-state index is -5.05. The summed E-state index contributed by atoms with van der Waals surface area (Å²) >= 11 is 0. The SMILES string of the molecule is CCC(CC)CC(=O)N(c1ccccc1)c1c([N+](=O)[O-])cc(C(F)(F)F)cc1[N+](=O)[O-]. The number of hydrogen-bond donors (Lipinski definition) is 0. The van der Waals surface area contributed by atoms with Gasteiger partial charge < -0.3 is 0 Å². The second-order valence-corrected chi connectivity index (χ2v) is 6.83. The molecule has 0 heterocycles. The summed E-state index contributed by atoms with van der Waals surface area (Å²) in [6.45, 7) is 3.69. The van der Waals surface area contributed by atoms with Crippen LogP contribution in [0.5, 0.6) is 0 Å². The molecule has 0 aliphatic heterocycles. The van der Waals surface area contributed by atoms with E-state index < -0.39 is 44.6 Å². The van der Waals surface area contributed by atoms with Gasteiger partial charge in [-0.1, -0.05) is 44.9 Å². The number of rotatable bonds is 8. The second-order valence-electron chi connectivity index (χ2n) is 6.83. The summed E-state index contributed by atoms with van der Waals surface area (Å²) in [6.07, 6.45) is -3.91. The predicted molar refractivity (Wildman–Crippen MR) is 107 cm³/mol. The van der Waals surface area contributed by atoms with Gasteiger partial charge in [0.25, 0.3) is 0 Å². The van der Waals surface area contributed by atoms with Crippen LogP contribution >= 0.6 is 0 Å². The molecule has 166 valence electrons. The number of nitrogens with zero attached hydrogens (tertiary/aromatic N) is 3. The molecule has 1 amide bonds. The normalized spacial score (nSPS) is 11.4. The number of nitro groups is 2. The van der Waals surface area contributed by atoms with Crippen molar-refractivity contribution < 1.29 is 27.8 Å². The van der Waals surface area contributed by atoms with Gasteiger partial charge in [0.05, 0.1) is 15.4 Å². The number of amides is 1. The lowest BCUT2D eigenvalue weighted by Gasteiger charge is -2.25. The fraction of sp³-hybridized carbons (Fsp3) is 0.350. The Hall–Kier alpha value is -3.50. The molecule has 0 aliphatic rings. The van der Waals surface area contributed by atoms with Crippen molar-refractivity contribution in [2.45, 2.75) is 39.3 Å². The van der Waals surface area contributed by atoms with Crippen LogP contribution in [0.3, 0.4) is 0 Å². The highest BCUT2D eigenvalue weighted by Crippen LogP contribution is 2.45. The van der Waals surface area contributed by atoms with Crippen molar-refractivity contribution in [1.82, 2.24) is 0 Å². The number of para-hydroxylation sites is 1. The first-order valence-electron chi connectivity index (χ1n) is 9.43. The van der Waals surface area contributed by atoms with Gasteiger partial charge in [-0.15, -0.1) is 0 Å². The summed E-state index contributed by atoms with van der Waals surface area (Å²) in [6, 6.07) is 7.84. The number of carbonyl (C=O) groups excluding carboxylic acids is 1. The van der Waals surface area contributed by atoms with Gasteiger partial charge in [0.1, 0.15) is 0 Å². The average Bonchev–Trinajstić information content (AvgIpc) is 2.71. The second kappa shape index (κ2) is 9.54. The summed E-state index contributed by atoms with van der Waals surface area (Å²) in [7, 11) is 0. The summed E-state index contributed by atoms with van der Waals surface area (Å²) in [4.78, 5) is 34.9. The van der Waals surface area contributed by atoms with E-state index in [4.69, 9.17) is 0 Å². The van der Waals surface area contributed by atoms with E-state index in [2.05, 4.69) is 0 Å². The molecule has 0 saturated heterocycles. The van der Waals surface area contributed by atoms with Gasteiger partial charge >= 0.3 is 17.6 Å². The van der Waals surface area contributed by atoms with Crippen LogP contribution in [0.4, 0.5) is 35.9 Å². The molecular weight excluding hydrogens is 419 g/mol. The molecule has 0 spiro atoms. The Bertz CT molecular complexity index is 941. The lowest BCUT2D eigenvalue weighted by atomic mass is 9.98. The number of halogens is 3. The van der Waals surface area contributed by atoms with Gasteiger partial charge in [0, 0.05) is 24.2 Å². The maximum absolute atomic E-state index is 13.2. The summed E-state index contributed by atoms with van der Waals surface area (Å²) in [5.41, 5.74) is -4.63. The van der Waals surface area contributed by atoms with E-state index in [1.165, 1.54) is 24.3 Å². The minimum Gasteiger partial charge on any atom is -0.274 e. The fourth-order valence-electron chi connectivity index (χ4n) is 3.17. The molecule has 0 saturated carbocycles. The molecule has 2 aromatic rings. The quantitative estimate of drug-likeness (QED) is 0.370. The Balaban J connectivity index is 2.85. The molecule has 0 N–H and O–H groups in total. The van der Waals surface area contributed by atoms with E-state index in [0.717, 1.165) is 4.90 Å². The third-order valence-electron chi connectivity index (χ3n) is 4.90. The van der Waals surface area contributed by atoms with Gasteiger partial charge in [0.2, 0.25) is 11.6 Å². The zero-order valence-corrected chi connectivity index (χ0v) is 16.8. The van der Waals surface area contributed by atoms with Crippen molar-refractivity contribution in [1.29, 1.82) is 0 Å². The molecule has 2 rings (SSSR count). The van der Waals surface area contributed by atoms with E-state index in [1.54, 1.807) is 6.07 Å². The van der Waals surface area contributed by atoms with Gasteiger partial charge in [-0.05, 0) is 18.1 Å². The van der Waals surface area contributed by atoms with Crippen molar-refractivity contribution in [3.63, 3.8) is 0 Å². The maximum atomic E-state index is 13.2. The van der Waals surface area contributed by atoms with E-state index in [-0.39, 0.29) is 30.2 Å². The van der Waals surface area contributed by atoms with E-state index in [0.29, 0.717) is 12.8 Å². The first kappa shape index (κ1) is 23.8. The standard InChI is InChI=1S/C20H20F3N3O5/c1-3-13(4-2)10-18(27)24(15-8-6-5-7-9-15)19-16(25(28)29)11-14(20(21,22)23)12-17(19)26(30)31/h5-9,11-13H,3-4,10H2,1-2H3. The molecule has 0 radical (unpaired) electrons. The molecule has 2 aromatic carbocycles. The van der Waals surface area contributed by atoms with Gasteiger partial charge in [-0.2, -0.15) is 13.2 Å². The monoisotopic (exact) mass is 439 g/mol. The highest BCUT2D eigenvalue weighted by atomic mass is 19.4. The van der Waals surface area contributed by atoms with Gasteiger partial charge in [-0.25, -0.2) is 0 Å². The molecule has 0 fully saturated rings. The number of carbonyl (C=O) groups is 1. The molecule has 0 aromatic heterocycles. The van der Waals surface area contributed by atoms with Crippen molar-refractivity contribution in [3.05, 3.63) is 68.3 Å². The third kappa shape index (κ3) is 5.36. The van der Waals surface area contributed by atoms with E-state index >= 15 is 0 Å². The van der Waals surface area contributed by atoms with Crippen LogP contribution < -0.4 is 4.90 Å². The topological polar surface area (TPSA) is 107 Å². The molecule has 8 nitrogen and oxygen atoms in total. The zero-order chi connectivity index (χ0) is 23.3. The van der Waals surface area contributed by atoms with E-state index in [9.17, 15) is 38.2 Å². The lowest BCUT2D eigenvalue weighted by molar-refractivity contribution is -0.392. The lowest BCUT2D eigenvalue weighted by Crippen LogP contribution is -2.29. The van der Waals surface area contributed by atoms with Gasteiger partial charge in [-0.3, -0.25) is 29.9 Å². The van der Waals surface area contributed by atoms with Crippen LogP contribution in [-0.2, 0) is 11.0 Å². The van der Waals surface area contributed by atoms with Crippen LogP contribution in [0.2, 0.25) is 0 Å². The number of nitro benzene ring substituents is 2. The molecule has 0 unspecified atom stereocenters. The van der Waals surface area contributed by atoms with Crippen LogP contribution in [0.25, 0.3) is 0 Å². The number of anilines is 2. The summed E-state index contributed by atoms with van der Waals surface area (Å²) in [5, 5.41) is 23.3. The van der Waals surface area contributed by atoms with Crippen molar-refractivity contribution in [2.75, 3.05) is 4.90 Å². The molecule has 11 heteroatoms. The van der Waals surface area contributed by atoms with Crippen LogP contribution in [0.1, 0.15) is 38.7 Å². The minimum absolute atomic E-state index is 0.0735. The predicted octanol–water partition coefficient (Wildman–Crippen LogP) is 6.01. The summed E-state index contributed by atoms with van der Waals surface area (Å²) < 4.78 is 39.7. The molecule has 0 aliphatic carbocycles. The van der Waals surface area contributed by atoms with Crippen molar-refractivity contribution in [2.24, 2.45) is 5.92 Å². The third-order valence-corrected chi connectivity index (χ3v) is 4.90. The molecule has 0 atom stereocenters. The number of benzene rings is 2. The number of hydrogen-bond acceptors (Lipinski definition) is 5. The zero-order valence-electron chi connectivity index (χ0n) is 16.8. The first-order chi connectivity index (χ1) is 14.5. The molecular formula is C20H20F3N3O5. The Morgan fingerprint density at radius 1 is 1.00 bits per heavy atom. The van der Waals surface area contributed by atoms with E-state index in [1.807, 2.05) is 13.8 Å². The van der Waals surface area contributed by atoms with Crippen LogP contribution in [0, 0.1) is 26.1 Å². The Labute approximate surface area is 175 Å². The summed E-state index contributed by atoms with van der Waals surface area (Å²) in [5.74, 6) is -0.794. The number of alkyl halides is 3. The Morgan fingerprint density at radius 3 is 1.87 bits per heavy atom. The fourth-order valence-corrected chi connectivity index (χ4v) is 3.17. The van der Waals surface area contributed by atoms with Crippen LogP contribution in [-0.4, -0.2) is 15.8 Å². The smallest absolute Gasteiger partial charge is 0.274 e. The highest BCUT2D eigenvalue weighted by Gasteiger charge is 2.41. The molecule has 31 heavy (non-hydrogen) atoms. The first-order valence-corrected chi connectivity index (χ1v) is 9.43. The Kier molecular flexibility index (Phi) is 7.32. The Morgan fingerprint density at radius 2 is 1.48 bits per heavy atom. The van der Waals surface area contributed by atoms with Crippen LogP contribution in [0.15, 0.2) is 42.5 Å². The van der Waals surface area contributed by atoms with Crippen molar-refractivity contribution >= 4 is 28.7 Å². The van der Waals surface area contributed by atoms with Crippen molar-refractivity contribution in [3.8, 4) is 0 Å². The highest BCUT2D eigenvalue weighted by molar-refractivity contribution is 6.05. The maximum Gasteiger partial charge on any atom is 0.416 e.